The van der Waals surface area contributed by atoms with Gasteiger partial charge in [0, 0.05) is 5.69 Å². The summed E-state index contributed by atoms with van der Waals surface area (Å²) in [5.74, 6) is 0. The highest BCUT2D eigenvalue weighted by Crippen LogP contribution is 2.19. The number of rotatable bonds is 1. The summed E-state index contributed by atoms with van der Waals surface area (Å²) in [6.45, 7) is 7.44. The van der Waals surface area contributed by atoms with Crippen molar-refractivity contribution in [1.82, 2.24) is 9.61 Å². The monoisotopic (exact) mass is 247 g/mol. The minimum Gasteiger partial charge on any atom is -0.444 e. The van der Waals surface area contributed by atoms with E-state index in [-0.39, 0.29) is 0 Å². The third kappa shape index (κ3) is 2.61. The Morgan fingerprint density at radius 2 is 2.06 bits per heavy atom. The number of anilines is 1. The second-order valence-corrected chi connectivity index (χ2v) is 5.14. The number of aryl methyl sites for hydroxylation is 1. The van der Waals surface area contributed by atoms with Gasteiger partial charge in [-0.1, -0.05) is 0 Å². The molecule has 0 radical (unpaired) electrons. The highest BCUT2D eigenvalue weighted by atomic mass is 16.6. The van der Waals surface area contributed by atoms with Gasteiger partial charge in [-0.05, 0) is 45.9 Å². The van der Waals surface area contributed by atoms with Gasteiger partial charge in [-0.25, -0.2) is 9.31 Å². The van der Waals surface area contributed by atoms with Crippen LogP contribution in [0.2, 0.25) is 0 Å². The van der Waals surface area contributed by atoms with Crippen LogP contribution in [0.25, 0.3) is 5.52 Å². The van der Waals surface area contributed by atoms with Gasteiger partial charge in [-0.2, -0.15) is 5.10 Å². The summed E-state index contributed by atoms with van der Waals surface area (Å²) in [7, 11) is 0. The predicted molar refractivity (Wildman–Crippen MR) is 69.8 cm³/mol. The second-order valence-electron chi connectivity index (χ2n) is 5.14. The third-order valence-electron chi connectivity index (χ3n) is 2.38. The minimum absolute atomic E-state index is 0.463. The molecule has 2 heterocycles. The Hall–Kier alpha value is -2.04. The maximum atomic E-state index is 11.7. The SMILES string of the molecule is Cc1ccc(NC(=O)OC(C)(C)C)c2ccnn12. The molecule has 0 spiro atoms. The van der Waals surface area contributed by atoms with Crippen molar-refractivity contribution in [2.75, 3.05) is 5.32 Å². The average Bonchev–Trinajstić information content (AvgIpc) is 2.69. The van der Waals surface area contributed by atoms with E-state index in [0.717, 1.165) is 11.2 Å². The Morgan fingerprint density at radius 1 is 1.33 bits per heavy atom. The Balaban J connectivity index is 2.25. The Bertz CT molecular complexity index is 581. The minimum atomic E-state index is -0.509. The molecule has 2 rings (SSSR count). The highest BCUT2D eigenvalue weighted by molar-refractivity contribution is 5.90. The molecule has 1 N–H and O–H groups in total. The van der Waals surface area contributed by atoms with Crippen LogP contribution in [0.15, 0.2) is 24.4 Å². The largest absolute Gasteiger partial charge is 0.444 e. The Kier molecular flexibility index (Phi) is 2.98. The smallest absolute Gasteiger partial charge is 0.412 e. The zero-order chi connectivity index (χ0) is 13.3. The second kappa shape index (κ2) is 4.33. The van der Waals surface area contributed by atoms with E-state index in [0.29, 0.717) is 5.69 Å². The summed E-state index contributed by atoms with van der Waals surface area (Å²) in [4.78, 5) is 11.7. The van der Waals surface area contributed by atoms with Crippen LogP contribution in [0.1, 0.15) is 26.5 Å². The van der Waals surface area contributed by atoms with Crippen LogP contribution in [0.3, 0.4) is 0 Å². The number of carbonyl (C=O) groups is 1. The molecule has 0 aliphatic heterocycles. The molecule has 2 aromatic rings. The molecular weight excluding hydrogens is 230 g/mol. The number of aromatic nitrogens is 2. The zero-order valence-electron chi connectivity index (χ0n) is 11.0. The van der Waals surface area contributed by atoms with Gasteiger partial charge in [0.05, 0.1) is 17.4 Å². The van der Waals surface area contributed by atoms with Crippen LogP contribution in [-0.2, 0) is 4.74 Å². The topological polar surface area (TPSA) is 55.6 Å². The molecule has 0 fully saturated rings. The van der Waals surface area contributed by atoms with E-state index in [9.17, 15) is 4.79 Å². The van der Waals surface area contributed by atoms with Crippen LogP contribution < -0.4 is 5.32 Å². The van der Waals surface area contributed by atoms with Crippen LogP contribution >= 0.6 is 0 Å². The third-order valence-corrected chi connectivity index (χ3v) is 2.38. The standard InChI is InChI=1S/C13H17N3O2/c1-9-5-6-10(11-7-8-14-16(9)11)15-12(17)18-13(2,3)4/h5-8H,1-4H3,(H,15,17). The number of hydrogen-bond donors (Lipinski definition) is 1. The van der Waals surface area contributed by atoms with Gasteiger partial charge in [-0.3, -0.25) is 5.32 Å². The van der Waals surface area contributed by atoms with Crippen LogP contribution in [0, 0.1) is 6.92 Å². The number of nitrogens with zero attached hydrogens (tertiary/aromatic N) is 2. The maximum absolute atomic E-state index is 11.7. The molecule has 96 valence electrons. The zero-order valence-corrected chi connectivity index (χ0v) is 11.0. The summed E-state index contributed by atoms with van der Waals surface area (Å²) < 4.78 is 6.99. The molecular formula is C13H17N3O2. The summed E-state index contributed by atoms with van der Waals surface area (Å²) in [5, 5.41) is 6.92. The molecule has 0 saturated carbocycles. The highest BCUT2D eigenvalue weighted by Gasteiger charge is 2.17. The average molecular weight is 247 g/mol. The molecule has 5 heteroatoms. The first kappa shape index (κ1) is 12.4. The normalized spacial score (nSPS) is 11.6. The van der Waals surface area contributed by atoms with E-state index in [4.69, 9.17) is 4.74 Å². The van der Waals surface area contributed by atoms with E-state index in [1.165, 1.54) is 0 Å². The Morgan fingerprint density at radius 3 is 2.72 bits per heavy atom. The van der Waals surface area contributed by atoms with E-state index in [1.807, 2.05) is 45.9 Å². The fraction of sp³-hybridized carbons (Fsp3) is 0.385. The van der Waals surface area contributed by atoms with Crippen molar-refractivity contribution in [3.05, 3.63) is 30.1 Å². The first-order chi connectivity index (χ1) is 8.37. The van der Waals surface area contributed by atoms with Crippen molar-refractivity contribution in [3.63, 3.8) is 0 Å². The van der Waals surface area contributed by atoms with Crippen molar-refractivity contribution in [3.8, 4) is 0 Å². The lowest BCUT2D eigenvalue weighted by molar-refractivity contribution is 0.0636. The number of hydrogen-bond acceptors (Lipinski definition) is 3. The van der Waals surface area contributed by atoms with Gasteiger partial charge >= 0.3 is 6.09 Å². The van der Waals surface area contributed by atoms with Crippen LogP contribution in [0.5, 0.6) is 0 Å². The molecule has 0 aliphatic rings. The van der Waals surface area contributed by atoms with E-state index in [2.05, 4.69) is 10.4 Å². The number of fused-ring (bicyclic) bond motifs is 1. The number of ether oxygens (including phenoxy) is 1. The van der Waals surface area contributed by atoms with Gasteiger partial charge in [0.1, 0.15) is 5.60 Å². The molecule has 1 amide bonds. The van der Waals surface area contributed by atoms with Gasteiger partial charge in [0.25, 0.3) is 0 Å². The molecule has 0 aliphatic carbocycles. The lowest BCUT2D eigenvalue weighted by Gasteiger charge is -2.20. The molecule has 5 nitrogen and oxygen atoms in total. The van der Waals surface area contributed by atoms with Crippen molar-refractivity contribution in [2.45, 2.75) is 33.3 Å². The quantitative estimate of drug-likeness (QED) is 0.842. The predicted octanol–water partition coefficient (Wildman–Crippen LogP) is 2.99. The van der Waals surface area contributed by atoms with Crippen molar-refractivity contribution >= 4 is 17.3 Å². The summed E-state index contributed by atoms with van der Waals surface area (Å²) in [6, 6.07) is 5.59. The number of carbonyl (C=O) groups excluding carboxylic acids is 1. The number of pyridine rings is 1. The molecule has 0 unspecified atom stereocenters. The van der Waals surface area contributed by atoms with Crippen molar-refractivity contribution in [2.24, 2.45) is 0 Å². The summed E-state index contributed by atoms with van der Waals surface area (Å²) >= 11 is 0. The van der Waals surface area contributed by atoms with Crippen molar-refractivity contribution in [1.29, 1.82) is 0 Å². The van der Waals surface area contributed by atoms with Gasteiger partial charge in [0.2, 0.25) is 0 Å². The molecule has 0 bridgehead atoms. The van der Waals surface area contributed by atoms with E-state index >= 15 is 0 Å². The molecule has 0 atom stereocenters. The summed E-state index contributed by atoms with van der Waals surface area (Å²) in [5.41, 5.74) is 2.03. The van der Waals surface area contributed by atoms with Crippen LogP contribution in [0.4, 0.5) is 10.5 Å². The molecule has 2 aromatic heterocycles. The summed E-state index contributed by atoms with van der Waals surface area (Å²) in [6.07, 6.45) is 1.23. The van der Waals surface area contributed by atoms with Crippen LogP contribution in [-0.4, -0.2) is 21.3 Å². The fourth-order valence-electron chi connectivity index (χ4n) is 1.67. The maximum Gasteiger partial charge on any atom is 0.412 e. The fourth-order valence-corrected chi connectivity index (χ4v) is 1.67. The Labute approximate surface area is 106 Å². The number of nitrogens with one attached hydrogen (secondary N) is 1. The first-order valence-electron chi connectivity index (χ1n) is 5.80. The van der Waals surface area contributed by atoms with Gasteiger partial charge in [-0.15, -0.1) is 0 Å². The van der Waals surface area contributed by atoms with Crippen molar-refractivity contribution < 1.29 is 9.53 Å². The van der Waals surface area contributed by atoms with E-state index < -0.39 is 11.7 Å². The van der Waals surface area contributed by atoms with E-state index in [1.54, 1.807) is 10.7 Å². The first-order valence-corrected chi connectivity index (χ1v) is 5.80. The molecule has 18 heavy (non-hydrogen) atoms. The lowest BCUT2D eigenvalue weighted by atomic mass is 10.2. The molecule has 0 saturated heterocycles. The number of amides is 1. The van der Waals surface area contributed by atoms with Gasteiger partial charge < -0.3 is 4.74 Å². The lowest BCUT2D eigenvalue weighted by Crippen LogP contribution is -2.27. The molecule has 0 aromatic carbocycles. The van der Waals surface area contributed by atoms with Gasteiger partial charge in [0.15, 0.2) is 0 Å².